The number of carbonyl (C=O) groups is 1. The summed E-state index contributed by atoms with van der Waals surface area (Å²) in [6, 6.07) is 20.6. The summed E-state index contributed by atoms with van der Waals surface area (Å²) in [6.07, 6.45) is 1.51. The molecule has 0 radical (unpaired) electrons. The van der Waals surface area contributed by atoms with Crippen LogP contribution in [0.15, 0.2) is 90.0 Å². The Bertz CT molecular complexity index is 1350. The largest absolute Gasteiger partial charge is 0.497 e. The molecular formula is C23H17ClN2O4S. The van der Waals surface area contributed by atoms with Gasteiger partial charge >= 0.3 is 0 Å². The number of sulfonamides is 1. The Morgan fingerprint density at radius 1 is 0.935 bits per heavy atom. The highest BCUT2D eigenvalue weighted by Crippen LogP contribution is 2.31. The average molecular weight is 453 g/mol. The van der Waals surface area contributed by atoms with Crippen LogP contribution in [-0.4, -0.2) is 26.4 Å². The minimum Gasteiger partial charge on any atom is -0.497 e. The normalized spacial score (nSPS) is 11.3. The van der Waals surface area contributed by atoms with E-state index >= 15 is 0 Å². The van der Waals surface area contributed by atoms with Gasteiger partial charge in [0.2, 0.25) is 0 Å². The molecular weight excluding hydrogens is 436 g/mol. The lowest BCUT2D eigenvalue weighted by Gasteiger charge is -2.23. The van der Waals surface area contributed by atoms with Gasteiger partial charge in [-0.05, 0) is 60.7 Å². The number of hydrogen-bond acceptors (Lipinski definition) is 5. The fourth-order valence-electron chi connectivity index (χ4n) is 3.18. The predicted molar refractivity (Wildman–Crippen MR) is 120 cm³/mol. The molecule has 0 aliphatic heterocycles. The van der Waals surface area contributed by atoms with Gasteiger partial charge in [0, 0.05) is 22.2 Å². The third-order valence-electron chi connectivity index (χ3n) is 4.70. The first-order valence-electron chi connectivity index (χ1n) is 9.25. The Labute approximate surface area is 184 Å². The smallest absolute Gasteiger partial charge is 0.273 e. The molecule has 0 unspecified atom stereocenters. The molecule has 1 aromatic heterocycles. The number of rotatable bonds is 5. The maximum atomic E-state index is 13.8. The number of hydrogen-bond donors (Lipinski definition) is 0. The minimum atomic E-state index is -4.31. The van der Waals surface area contributed by atoms with Crippen LogP contribution < -0.4 is 9.04 Å². The van der Waals surface area contributed by atoms with Gasteiger partial charge in [-0.15, -0.1) is 0 Å². The van der Waals surface area contributed by atoms with Crippen molar-refractivity contribution < 1.29 is 17.9 Å². The first-order valence-corrected chi connectivity index (χ1v) is 11.1. The Morgan fingerprint density at radius 3 is 2.29 bits per heavy atom. The first kappa shape index (κ1) is 20.8. The van der Waals surface area contributed by atoms with Gasteiger partial charge < -0.3 is 4.74 Å². The van der Waals surface area contributed by atoms with Gasteiger partial charge in [0.1, 0.15) is 10.6 Å². The fraction of sp³-hybridized carbons (Fsp3) is 0.0435. The molecule has 0 spiro atoms. The lowest BCUT2D eigenvalue weighted by atomic mass is 10.2. The van der Waals surface area contributed by atoms with Crippen LogP contribution in [0.1, 0.15) is 10.4 Å². The lowest BCUT2D eigenvalue weighted by Crippen LogP contribution is -2.37. The first-order chi connectivity index (χ1) is 14.9. The Balaban J connectivity index is 1.92. The molecule has 0 aliphatic carbocycles. The summed E-state index contributed by atoms with van der Waals surface area (Å²) in [6.45, 7) is 0. The van der Waals surface area contributed by atoms with E-state index in [1.54, 1.807) is 36.4 Å². The van der Waals surface area contributed by atoms with E-state index in [4.69, 9.17) is 16.3 Å². The molecule has 6 nitrogen and oxygen atoms in total. The van der Waals surface area contributed by atoms with Gasteiger partial charge in [0.15, 0.2) is 0 Å². The zero-order chi connectivity index (χ0) is 22.0. The molecule has 0 saturated heterocycles. The fourth-order valence-corrected chi connectivity index (χ4v) is 4.89. The molecule has 8 heteroatoms. The van der Waals surface area contributed by atoms with E-state index in [9.17, 15) is 13.2 Å². The van der Waals surface area contributed by atoms with Crippen LogP contribution in [0.4, 0.5) is 5.69 Å². The number of carbonyl (C=O) groups excluding carboxylic acids is 1. The number of aromatic nitrogens is 1. The molecule has 4 rings (SSSR count). The third kappa shape index (κ3) is 3.97. The molecule has 3 aromatic carbocycles. The monoisotopic (exact) mass is 452 g/mol. The van der Waals surface area contributed by atoms with Crippen LogP contribution in [0.25, 0.3) is 10.9 Å². The summed E-state index contributed by atoms with van der Waals surface area (Å²) < 4.78 is 33.5. The maximum absolute atomic E-state index is 13.8. The maximum Gasteiger partial charge on any atom is 0.273 e. The van der Waals surface area contributed by atoms with Crippen molar-refractivity contribution in [2.45, 2.75) is 4.90 Å². The SMILES string of the molecule is COc1ccc(N(C(=O)c2ccc(Cl)cc2)S(=O)(=O)c2cccc3cccnc23)cc1. The molecule has 1 heterocycles. The van der Waals surface area contributed by atoms with Crippen molar-refractivity contribution in [3.05, 3.63) is 95.6 Å². The zero-order valence-corrected chi connectivity index (χ0v) is 18.0. The average Bonchev–Trinajstić information content (AvgIpc) is 2.79. The predicted octanol–water partition coefficient (Wildman–Crippen LogP) is 4.93. The number of methoxy groups -OCH3 is 1. The number of para-hydroxylation sites is 1. The van der Waals surface area contributed by atoms with Crippen molar-refractivity contribution in [1.82, 2.24) is 4.98 Å². The second-order valence-electron chi connectivity index (χ2n) is 6.61. The van der Waals surface area contributed by atoms with Gasteiger partial charge in [-0.2, -0.15) is 4.31 Å². The Kier molecular flexibility index (Phi) is 5.63. The van der Waals surface area contributed by atoms with E-state index in [1.165, 1.54) is 55.8 Å². The molecule has 0 bridgehead atoms. The van der Waals surface area contributed by atoms with Gasteiger partial charge in [-0.3, -0.25) is 9.78 Å². The molecule has 1 amide bonds. The summed E-state index contributed by atoms with van der Waals surface area (Å²) in [4.78, 5) is 17.6. The number of amides is 1. The molecule has 4 aromatic rings. The van der Waals surface area contributed by atoms with Crippen LogP contribution in [0.3, 0.4) is 0 Å². The number of nitrogens with zero attached hydrogens (tertiary/aromatic N) is 2. The molecule has 0 fully saturated rings. The van der Waals surface area contributed by atoms with Crippen molar-refractivity contribution in [3.8, 4) is 5.75 Å². The molecule has 31 heavy (non-hydrogen) atoms. The van der Waals surface area contributed by atoms with Gasteiger partial charge in [-0.25, -0.2) is 8.42 Å². The number of pyridine rings is 1. The summed E-state index contributed by atoms with van der Waals surface area (Å²) in [7, 11) is -2.81. The summed E-state index contributed by atoms with van der Waals surface area (Å²) in [5.41, 5.74) is 0.637. The van der Waals surface area contributed by atoms with Crippen molar-refractivity contribution >= 4 is 44.1 Å². The number of anilines is 1. The number of benzene rings is 3. The third-order valence-corrected chi connectivity index (χ3v) is 6.69. The van der Waals surface area contributed by atoms with Crippen LogP contribution in [0.2, 0.25) is 5.02 Å². The van der Waals surface area contributed by atoms with Crippen LogP contribution in [0.5, 0.6) is 5.75 Å². The second-order valence-corrected chi connectivity index (χ2v) is 8.80. The Morgan fingerprint density at radius 2 is 1.61 bits per heavy atom. The second kappa shape index (κ2) is 8.37. The topological polar surface area (TPSA) is 76.6 Å². The van der Waals surface area contributed by atoms with E-state index < -0.39 is 15.9 Å². The van der Waals surface area contributed by atoms with Crippen molar-refractivity contribution in [1.29, 1.82) is 0 Å². The quantitative estimate of drug-likeness (QED) is 0.429. The van der Waals surface area contributed by atoms with Crippen LogP contribution in [-0.2, 0) is 10.0 Å². The van der Waals surface area contributed by atoms with Crippen LogP contribution >= 0.6 is 11.6 Å². The standard InChI is InChI=1S/C23H17ClN2O4S/c1-30-20-13-11-19(12-14-20)26(23(27)17-7-9-18(24)10-8-17)31(28,29)21-6-2-4-16-5-3-15-25-22(16)21/h2-15H,1H3. The van der Waals surface area contributed by atoms with Gasteiger partial charge in [0.05, 0.1) is 18.3 Å². The van der Waals surface area contributed by atoms with Crippen LogP contribution in [0, 0.1) is 0 Å². The van der Waals surface area contributed by atoms with Crippen molar-refractivity contribution in [2.24, 2.45) is 0 Å². The van der Waals surface area contributed by atoms with E-state index in [1.807, 2.05) is 0 Å². The molecule has 0 atom stereocenters. The van der Waals surface area contributed by atoms with E-state index in [0.29, 0.717) is 16.2 Å². The van der Waals surface area contributed by atoms with Crippen molar-refractivity contribution in [2.75, 3.05) is 11.4 Å². The van der Waals surface area contributed by atoms with Gasteiger partial charge in [-0.1, -0.05) is 29.8 Å². The molecule has 0 saturated carbocycles. The van der Waals surface area contributed by atoms with E-state index in [2.05, 4.69) is 4.98 Å². The summed E-state index contributed by atoms with van der Waals surface area (Å²) >= 11 is 5.93. The van der Waals surface area contributed by atoms with E-state index in [-0.39, 0.29) is 21.7 Å². The highest BCUT2D eigenvalue weighted by molar-refractivity contribution is 7.93. The zero-order valence-electron chi connectivity index (χ0n) is 16.4. The molecule has 0 aliphatic rings. The summed E-state index contributed by atoms with van der Waals surface area (Å²) in [5.74, 6) is -0.179. The minimum absolute atomic E-state index is 0.0660. The number of halogens is 1. The van der Waals surface area contributed by atoms with E-state index in [0.717, 1.165) is 4.31 Å². The summed E-state index contributed by atoms with van der Waals surface area (Å²) in [5, 5.41) is 1.09. The number of ether oxygens (including phenoxy) is 1. The lowest BCUT2D eigenvalue weighted by molar-refractivity contribution is 0.101. The van der Waals surface area contributed by atoms with Gasteiger partial charge in [0.25, 0.3) is 15.9 Å². The highest BCUT2D eigenvalue weighted by atomic mass is 35.5. The molecule has 156 valence electrons. The number of fused-ring (bicyclic) bond motifs is 1. The highest BCUT2D eigenvalue weighted by Gasteiger charge is 2.33. The Hall–Kier alpha value is -3.42. The van der Waals surface area contributed by atoms with Crippen molar-refractivity contribution in [3.63, 3.8) is 0 Å². The molecule has 0 N–H and O–H groups in total.